The topological polar surface area (TPSA) is 52.7 Å². The Morgan fingerprint density at radius 3 is 2.57 bits per heavy atom. The maximum atomic E-state index is 13.6. The van der Waals surface area contributed by atoms with Crippen LogP contribution in [0.2, 0.25) is 0 Å². The lowest BCUT2D eigenvalue weighted by molar-refractivity contribution is -0.135. The minimum Gasteiger partial charge on any atom is -0.343 e. The molecule has 1 aromatic carbocycles. The van der Waals surface area contributed by atoms with Crippen LogP contribution in [0.5, 0.6) is 0 Å². The summed E-state index contributed by atoms with van der Waals surface area (Å²) in [6, 6.07) is 6.29. The van der Waals surface area contributed by atoms with E-state index < -0.39 is 0 Å². The van der Waals surface area contributed by atoms with E-state index in [4.69, 9.17) is 0 Å². The van der Waals surface area contributed by atoms with Gasteiger partial charge in [-0.05, 0) is 37.0 Å². The molecule has 1 unspecified atom stereocenters. The van der Waals surface area contributed by atoms with Gasteiger partial charge in [-0.15, -0.1) is 12.4 Å². The van der Waals surface area contributed by atoms with Crippen molar-refractivity contribution in [2.75, 3.05) is 32.7 Å². The van der Waals surface area contributed by atoms with E-state index in [9.17, 15) is 14.0 Å². The average Bonchev–Trinajstić information content (AvgIpc) is 2.67. The first-order valence-corrected chi connectivity index (χ1v) is 10.1. The van der Waals surface area contributed by atoms with Crippen LogP contribution in [0.1, 0.15) is 57.6 Å². The van der Waals surface area contributed by atoms with Crippen LogP contribution in [0, 0.1) is 5.82 Å². The molecule has 5 nitrogen and oxygen atoms in total. The van der Waals surface area contributed by atoms with Gasteiger partial charge >= 0.3 is 0 Å². The van der Waals surface area contributed by atoms with E-state index >= 15 is 0 Å². The van der Waals surface area contributed by atoms with E-state index in [1.807, 2.05) is 15.9 Å². The summed E-state index contributed by atoms with van der Waals surface area (Å²) in [6.45, 7) is 7.64. The standard InChI is InChI=1S/C21H32FN3O2.ClH/c1-3-12-24(13-4-2)20(26)9-6-10-21(27)25-14-11-23-16-19(25)17-7-5-8-18(22)15-17;/h5,7-8,15,19,23H,3-4,6,9-14,16H2,1-2H3;1H. The molecule has 1 saturated heterocycles. The zero-order valence-corrected chi connectivity index (χ0v) is 17.8. The number of hydrogen-bond acceptors (Lipinski definition) is 3. The van der Waals surface area contributed by atoms with Gasteiger partial charge in [0.1, 0.15) is 5.82 Å². The quantitative estimate of drug-likeness (QED) is 0.673. The van der Waals surface area contributed by atoms with Gasteiger partial charge in [-0.3, -0.25) is 9.59 Å². The SMILES string of the molecule is CCCN(CCC)C(=O)CCCC(=O)N1CCNCC1c1cccc(F)c1.Cl. The normalized spacial score (nSPS) is 16.4. The van der Waals surface area contributed by atoms with E-state index in [0.717, 1.165) is 38.0 Å². The summed E-state index contributed by atoms with van der Waals surface area (Å²) in [5, 5.41) is 3.28. The fourth-order valence-electron chi connectivity index (χ4n) is 3.61. The van der Waals surface area contributed by atoms with Gasteiger partial charge < -0.3 is 15.1 Å². The minimum atomic E-state index is -0.289. The number of hydrogen-bond donors (Lipinski definition) is 1. The molecule has 158 valence electrons. The molecule has 1 fully saturated rings. The van der Waals surface area contributed by atoms with Crippen molar-refractivity contribution in [3.8, 4) is 0 Å². The number of carbonyl (C=O) groups is 2. The zero-order chi connectivity index (χ0) is 19.6. The number of halogens is 2. The largest absolute Gasteiger partial charge is 0.343 e. The average molecular weight is 414 g/mol. The summed E-state index contributed by atoms with van der Waals surface area (Å²) in [6.07, 6.45) is 3.20. The second-order valence-electron chi connectivity index (χ2n) is 7.10. The van der Waals surface area contributed by atoms with Crippen molar-refractivity contribution in [1.82, 2.24) is 15.1 Å². The molecule has 1 atom stereocenters. The Kier molecular flexibility index (Phi) is 11.1. The third-order valence-electron chi connectivity index (χ3n) is 4.92. The van der Waals surface area contributed by atoms with Crippen molar-refractivity contribution in [3.05, 3.63) is 35.6 Å². The highest BCUT2D eigenvalue weighted by atomic mass is 35.5. The van der Waals surface area contributed by atoms with Crippen LogP contribution in [0.4, 0.5) is 4.39 Å². The second kappa shape index (κ2) is 12.7. The fraction of sp³-hybridized carbons (Fsp3) is 0.619. The van der Waals surface area contributed by atoms with E-state index in [1.54, 1.807) is 6.07 Å². The van der Waals surface area contributed by atoms with Gasteiger partial charge in [0.05, 0.1) is 6.04 Å². The molecule has 0 aromatic heterocycles. The highest BCUT2D eigenvalue weighted by Crippen LogP contribution is 2.24. The third-order valence-corrected chi connectivity index (χ3v) is 4.92. The first kappa shape index (κ1) is 24.4. The first-order chi connectivity index (χ1) is 13.1. The Balaban J connectivity index is 0.00000392. The first-order valence-electron chi connectivity index (χ1n) is 10.1. The van der Waals surface area contributed by atoms with Crippen LogP contribution in [0.25, 0.3) is 0 Å². The highest BCUT2D eigenvalue weighted by Gasteiger charge is 2.27. The van der Waals surface area contributed by atoms with Gasteiger partial charge in [0, 0.05) is 45.6 Å². The summed E-state index contributed by atoms with van der Waals surface area (Å²) in [5.74, 6) is -0.118. The molecule has 7 heteroatoms. The van der Waals surface area contributed by atoms with Crippen molar-refractivity contribution in [1.29, 1.82) is 0 Å². The van der Waals surface area contributed by atoms with Gasteiger partial charge in [-0.1, -0.05) is 26.0 Å². The Bertz CT molecular complexity index is 623. The van der Waals surface area contributed by atoms with Crippen molar-refractivity contribution in [2.24, 2.45) is 0 Å². The van der Waals surface area contributed by atoms with Crippen LogP contribution in [-0.4, -0.2) is 54.3 Å². The molecular weight excluding hydrogens is 381 g/mol. The smallest absolute Gasteiger partial charge is 0.223 e. The Hall–Kier alpha value is -1.66. The molecular formula is C21H33ClFN3O2. The Morgan fingerprint density at radius 2 is 1.93 bits per heavy atom. The molecule has 2 rings (SSSR count). The molecule has 1 aromatic rings. The minimum absolute atomic E-state index is 0. The zero-order valence-electron chi connectivity index (χ0n) is 17.0. The molecule has 28 heavy (non-hydrogen) atoms. The molecule has 0 radical (unpaired) electrons. The molecule has 0 saturated carbocycles. The van der Waals surface area contributed by atoms with E-state index in [2.05, 4.69) is 19.2 Å². The molecule has 0 aliphatic carbocycles. The monoisotopic (exact) mass is 413 g/mol. The Labute approximate surface area is 174 Å². The molecule has 1 N–H and O–H groups in total. The maximum absolute atomic E-state index is 13.6. The summed E-state index contributed by atoms with van der Waals surface area (Å²) in [7, 11) is 0. The van der Waals surface area contributed by atoms with Crippen LogP contribution >= 0.6 is 12.4 Å². The van der Waals surface area contributed by atoms with Gasteiger partial charge in [0.15, 0.2) is 0 Å². The summed E-state index contributed by atoms with van der Waals surface area (Å²) in [5.41, 5.74) is 0.809. The van der Waals surface area contributed by atoms with Crippen molar-refractivity contribution < 1.29 is 14.0 Å². The van der Waals surface area contributed by atoms with E-state index in [0.29, 0.717) is 32.4 Å². The second-order valence-corrected chi connectivity index (χ2v) is 7.10. The lowest BCUT2D eigenvalue weighted by Crippen LogP contribution is -2.48. The van der Waals surface area contributed by atoms with E-state index in [1.165, 1.54) is 12.1 Å². The number of nitrogens with zero attached hydrogens (tertiary/aromatic N) is 2. The van der Waals surface area contributed by atoms with Crippen molar-refractivity contribution in [3.63, 3.8) is 0 Å². The number of carbonyl (C=O) groups excluding carboxylic acids is 2. The summed E-state index contributed by atoms with van der Waals surface area (Å²) >= 11 is 0. The summed E-state index contributed by atoms with van der Waals surface area (Å²) in [4.78, 5) is 28.8. The van der Waals surface area contributed by atoms with Gasteiger partial charge in [-0.25, -0.2) is 4.39 Å². The van der Waals surface area contributed by atoms with Crippen molar-refractivity contribution >= 4 is 24.2 Å². The number of nitrogens with one attached hydrogen (secondary N) is 1. The van der Waals surface area contributed by atoms with Gasteiger partial charge in [-0.2, -0.15) is 0 Å². The van der Waals surface area contributed by atoms with Crippen LogP contribution < -0.4 is 5.32 Å². The molecule has 0 bridgehead atoms. The fourth-order valence-corrected chi connectivity index (χ4v) is 3.61. The van der Waals surface area contributed by atoms with Gasteiger partial charge in [0.25, 0.3) is 0 Å². The van der Waals surface area contributed by atoms with E-state index in [-0.39, 0.29) is 36.1 Å². The maximum Gasteiger partial charge on any atom is 0.223 e. The third kappa shape index (κ3) is 7.06. The highest BCUT2D eigenvalue weighted by molar-refractivity contribution is 5.85. The molecule has 1 aliphatic heterocycles. The number of amides is 2. The predicted molar refractivity (Wildman–Crippen MR) is 112 cm³/mol. The molecule has 1 heterocycles. The summed E-state index contributed by atoms with van der Waals surface area (Å²) < 4.78 is 13.6. The van der Waals surface area contributed by atoms with Gasteiger partial charge in [0.2, 0.25) is 11.8 Å². The predicted octanol–water partition coefficient (Wildman–Crippen LogP) is 3.54. The molecule has 2 amide bonds. The number of piperazine rings is 1. The van der Waals surface area contributed by atoms with Crippen LogP contribution in [-0.2, 0) is 9.59 Å². The van der Waals surface area contributed by atoms with Crippen LogP contribution in [0.15, 0.2) is 24.3 Å². The molecule has 1 aliphatic rings. The lowest BCUT2D eigenvalue weighted by atomic mass is 10.0. The number of rotatable bonds is 9. The van der Waals surface area contributed by atoms with Crippen molar-refractivity contribution in [2.45, 2.75) is 52.0 Å². The lowest BCUT2D eigenvalue weighted by Gasteiger charge is -2.36. The van der Waals surface area contributed by atoms with Crippen LogP contribution in [0.3, 0.4) is 0 Å². The number of benzene rings is 1. The Morgan fingerprint density at radius 1 is 1.21 bits per heavy atom. The molecule has 0 spiro atoms.